The zero-order chi connectivity index (χ0) is 22.9. The maximum atomic E-state index is 12.3. The van der Waals surface area contributed by atoms with E-state index in [1.807, 2.05) is 24.3 Å². The van der Waals surface area contributed by atoms with Crippen molar-refractivity contribution in [3.63, 3.8) is 0 Å². The number of nitrogens with zero attached hydrogens (tertiary/aromatic N) is 1. The second-order valence-corrected chi connectivity index (χ2v) is 8.53. The van der Waals surface area contributed by atoms with E-state index in [1.165, 1.54) is 6.08 Å². The summed E-state index contributed by atoms with van der Waals surface area (Å²) < 4.78 is 10.2. The zero-order valence-corrected chi connectivity index (χ0v) is 18.8. The van der Waals surface area contributed by atoms with Gasteiger partial charge in [0.25, 0.3) is 0 Å². The summed E-state index contributed by atoms with van der Waals surface area (Å²) in [7, 11) is 1.61. The lowest BCUT2D eigenvalue weighted by molar-refractivity contribution is -0.131. The molecule has 0 radical (unpaired) electrons. The Morgan fingerprint density at radius 3 is 2.32 bits per heavy atom. The Hall–Kier alpha value is -3.03. The van der Waals surface area contributed by atoms with E-state index in [4.69, 9.17) is 9.47 Å². The molecule has 1 fully saturated rings. The first kappa shape index (κ1) is 24.2. The average molecular weight is 432 g/mol. The number of benzene rings is 1. The number of carbonyl (C=O) groups is 3. The van der Waals surface area contributed by atoms with E-state index in [1.54, 1.807) is 38.9 Å². The van der Waals surface area contributed by atoms with Crippen molar-refractivity contribution in [1.82, 2.24) is 15.5 Å². The SMILES string of the molecule is COc1ccc(/C=C/C(=O)NCC2CCN(C(=O)CNC(=O)OC(C)(C)C)CC2)cc1. The molecule has 1 heterocycles. The molecule has 0 saturated carbocycles. The molecule has 0 aromatic heterocycles. The molecule has 8 heteroatoms. The lowest BCUT2D eigenvalue weighted by atomic mass is 9.96. The second kappa shape index (κ2) is 11.4. The van der Waals surface area contributed by atoms with Crippen molar-refractivity contribution in [3.8, 4) is 5.75 Å². The average Bonchev–Trinajstić information content (AvgIpc) is 2.74. The Morgan fingerprint density at radius 2 is 1.74 bits per heavy atom. The van der Waals surface area contributed by atoms with E-state index >= 15 is 0 Å². The molecule has 0 unspecified atom stereocenters. The number of likely N-dealkylation sites (tertiary alicyclic amines) is 1. The van der Waals surface area contributed by atoms with Crippen molar-refractivity contribution in [3.05, 3.63) is 35.9 Å². The van der Waals surface area contributed by atoms with E-state index in [0.29, 0.717) is 25.6 Å². The van der Waals surface area contributed by atoms with Crippen LogP contribution >= 0.6 is 0 Å². The molecule has 3 amide bonds. The van der Waals surface area contributed by atoms with Crippen LogP contribution in [-0.4, -0.2) is 61.7 Å². The lowest BCUT2D eigenvalue weighted by Gasteiger charge is -2.32. The van der Waals surface area contributed by atoms with Crippen molar-refractivity contribution >= 4 is 24.0 Å². The van der Waals surface area contributed by atoms with Crippen molar-refractivity contribution in [2.45, 2.75) is 39.2 Å². The molecule has 0 aliphatic carbocycles. The summed E-state index contributed by atoms with van der Waals surface area (Å²) in [6.07, 6.45) is 4.29. The first-order chi connectivity index (χ1) is 14.7. The number of ether oxygens (including phenoxy) is 2. The third-order valence-electron chi connectivity index (χ3n) is 4.86. The van der Waals surface area contributed by atoms with Crippen molar-refractivity contribution in [2.75, 3.05) is 33.3 Å². The number of carbonyl (C=O) groups excluding carboxylic acids is 3. The van der Waals surface area contributed by atoms with Crippen LogP contribution < -0.4 is 15.4 Å². The largest absolute Gasteiger partial charge is 0.497 e. The zero-order valence-electron chi connectivity index (χ0n) is 18.8. The van der Waals surface area contributed by atoms with Gasteiger partial charge in [0, 0.05) is 25.7 Å². The first-order valence-electron chi connectivity index (χ1n) is 10.5. The third kappa shape index (κ3) is 9.11. The summed E-state index contributed by atoms with van der Waals surface area (Å²) in [6.45, 7) is 7.02. The van der Waals surface area contributed by atoms with Gasteiger partial charge in [-0.05, 0) is 63.3 Å². The number of methoxy groups -OCH3 is 1. The van der Waals surface area contributed by atoms with Crippen LogP contribution in [-0.2, 0) is 14.3 Å². The normalized spacial score (nSPS) is 14.9. The number of rotatable bonds is 7. The van der Waals surface area contributed by atoms with Crippen molar-refractivity contribution < 1.29 is 23.9 Å². The quantitative estimate of drug-likeness (QED) is 0.647. The van der Waals surface area contributed by atoms with Crippen LogP contribution in [0.1, 0.15) is 39.2 Å². The molecule has 2 rings (SSSR count). The van der Waals surface area contributed by atoms with Gasteiger partial charge in [-0.3, -0.25) is 9.59 Å². The van der Waals surface area contributed by atoms with Gasteiger partial charge in [0.15, 0.2) is 0 Å². The predicted octanol–water partition coefficient (Wildman–Crippen LogP) is 2.59. The predicted molar refractivity (Wildman–Crippen MR) is 119 cm³/mol. The lowest BCUT2D eigenvalue weighted by Crippen LogP contribution is -2.46. The van der Waals surface area contributed by atoms with E-state index in [0.717, 1.165) is 24.2 Å². The van der Waals surface area contributed by atoms with Gasteiger partial charge in [0.2, 0.25) is 11.8 Å². The van der Waals surface area contributed by atoms with Crippen LogP contribution in [0.4, 0.5) is 4.79 Å². The Kier molecular flexibility index (Phi) is 8.90. The Balaban J connectivity index is 1.65. The molecule has 8 nitrogen and oxygen atoms in total. The van der Waals surface area contributed by atoms with Gasteiger partial charge in [-0.2, -0.15) is 0 Å². The van der Waals surface area contributed by atoms with E-state index in [2.05, 4.69) is 10.6 Å². The number of nitrogens with one attached hydrogen (secondary N) is 2. The van der Waals surface area contributed by atoms with Crippen LogP contribution in [0.5, 0.6) is 5.75 Å². The molecule has 31 heavy (non-hydrogen) atoms. The van der Waals surface area contributed by atoms with Gasteiger partial charge in [0.1, 0.15) is 17.9 Å². The first-order valence-corrected chi connectivity index (χ1v) is 10.5. The summed E-state index contributed by atoms with van der Waals surface area (Å²) in [6, 6.07) is 7.45. The molecular formula is C23H33N3O5. The topological polar surface area (TPSA) is 97.0 Å². The fraction of sp³-hybridized carbons (Fsp3) is 0.522. The molecule has 1 aliphatic heterocycles. The smallest absolute Gasteiger partial charge is 0.408 e. The summed E-state index contributed by atoms with van der Waals surface area (Å²) in [5, 5.41) is 5.42. The number of piperidine rings is 1. The number of hydrogen-bond donors (Lipinski definition) is 2. The Morgan fingerprint density at radius 1 is 1.10 bits per heavy atom. The summed E-state index contributed by atoms with van der Waals surface area (Å²) in [5.41, 5.74) is 0.322. The number of hydrogen-bond acceptors (Lipinski definition) is 5. The van der Waals surface area contributed by atoms with Gasteiger partial charge in [-0.25, -0.2) is 4.79 Å². The monoisotopic (exact) mass is 431 g/mol. The highest BCUT2D eigenvalue weighted by molar-refractivity contribution is 5.91. The van der Waals surface area contributed by atoms with Crippen LogP contribution in [0, 0.1) is 5.92 Å². The maximum absolute atomic E-state index is 12.3. The van der Waals surface area contributed by atoms with Gasteiger partial charge >= 0.3 is 6.09 Å². The highest BCUT2D eigenvalue weighted by Gasteiger charge is 2.24. The highest BCUT2D eigenvalue weighted by atomic mass is 16.6. The molecule has 1 aromatic rings. The third-order valence-corrected chi connectivity index (χ3v) is 4.86. The van der Waals surface area contributed by atoms with Gasteiger partial charge < -0.3 is 25.0 Å². The van der Waals surface area contributed by atoms with Gasteiger partial charge in [-0.15, -0.1) is 0 Å². The molecule has 0 spiro atoms. The fourth-order valence-corrected chi connectivity index (χ4v) is 3.15. The maximum Gasteiger partial charge on any atom is 0.408 e. The van der Waals surface area contributed by atoms with Gasteiger partial charge in [0.05, 0.1) is 7.11 Å². The van der Waals surface area contributed by atoms with E-state index in [-0.39, 0.29) is 18.4 Å². The van der Waals surface area contributed by atoms with E-state index < -0.39 is 11.7 Å². The minimum absolute atomic E-state index is 0.0769. The molecule has 1 aliphatic rings. The summed E-state index contributed by atoms with van der Waals surface area (Å²) in [5.74, 6) is 0.819. The summed E-state index contributed by atoms with van der Waals surface area (Å²) in [4.78, 5) is 37.7. The minimum atomic E-state index is -0.597. The number of amides is 3. The molecule has 2 N–H and O–H groups in total. The second-order valence-electron chi connectivity index (χ2n) is 8.53. The molecule has 1 saturated heterocycles. The van der Waals surface area contributed by atoms with Gasteiger partial charge in [-0.1, -0.05) is 12.1 Å². The van der Waals surface area contributed by atoms with Crippen LogP contribution in [0.15, 0.2) is 30.3 Å². The van der Waals surface area contributed by atoms with Crippen molar-refractivity contribution in [1.29, 1.82) is 0 Å². The minimum Gasteiger partial charge on any atom is -0.497 e. The standard InChI is InChI=1S/C23H33N3O5/c1-23(2,3)31-22(29)25-16-21(28)26-13-11-18(12-14-26)15-24-20(27)10-7-17-5-8-19(30-4)9-6-17/h5-10,18H,11-16H2,1-4H3,(H,24,27)(H,25,29)/b10-7+. The van der Waals surface area contributed by atoms with Crippen LogP contribution in [0.3, 0.4) is 0 Å². The van der Waals surface area contributed by atoms with Crippen molar-refractivity contribution in [2.24, 2.45) is 5.92 Å². The van der Waals surface area contributed by atoms with Crippen LogP contribution in [0.25, 0.3) is 6.08 Å². The molecule has 0 atom stereocenters. The molecule has 170 valence electrons. The molecular weight excluding hydrogens is 398 g/mol. The summed E-state index contributed by atoms with van der Waals surface area (Å²) >= 11 is 0. The van der Waals surface area contributed by atoms with Crippen LogP contribution in [0.2, 0.25) is 0 Å². The number of alkyl carbamates (subject to hydrolysis) is 1. The highest BCUT2D eigenvalue weighted by Crippen LogP contribution is 2.17. The molecule has 0 bridgehead atoms. The Bertz CT molecular complexity index is 775. The Labute approximate surface area is 184 Å². The fourth-order valence-electron chi connectivity index (χ4n) is 3.15. The van der Waals surface area contributed by atoms with E-state index in [9.17, 15) is 14.4 Å². The molecule has 1 aromatic carbocycles.